The van der Waals surface area contributed by atoms with Crippen LogP contribution in [0.1, 0.15) is 15.9 Å². The molecule has 1 aromatic carbocycles. The molecule has 0 saturated carbocycles. The Kier molecular flexibility index (Phi) is 3.48. The zero-order chi connectivity index (χ0) is 13.1. The SMILES string of the molecule is Cc1ccc(NC(=O)c2c[nH]ccc2=O)cc1Cl. The number of aryl methyl sites for hydroxylation is 1. The van der Waals surface area contributed by atoms with Gasteiger partial charge in [-0.3, -0.25) is 9.59 Å². The Morgan fingerprint density at radius 2 is 2.11 bits per heavy atom. The molecule has 0 aliphatic heterocycles. The Labute approximate surface area is 109 Å². The van der Waals surface area contributed by atoms with Crippen LogP contribution in [0.15, 0.2) is 41.5 Å². The molecule has 5 heteroatoms. The molecular formula is C13H11ClN2O2. The molecule has 2 rings (SSSR count). The molecule has 1 amide bonds. The van der Waals surface area contributed by atoms with Crippen molar-refractivity contribution < 1.29 is 4.79 Å². The summed E-state index contributed by atoms with van der Waals surface area (Å²) in [7, 11) is 0. The minimum Gasteiger partial charge on any atom is -0.367 e. The van der Waals surface area contributed by atoms with E-state index in [1.165, 1.54) is 18.5 Å². The molecule has 0 saturated heterocycles. The number of rotatable bonds is 2. The molecule has 0 fully saturated rings. The minimum atomic E-state index is -0.461. The smallest absolute Gasteiger partial charge is 0.261 e. The van der Waals surface area contributed by atoms with E-state index >= 15 is 0 Å². The summed E-state index contributed by atoms with van der Waals surface area (Å²) in [6.45, 7) is 1.87. The lowest BCUT2D eigenvalue weighted by molar-refractivity contribution is 0.102. The number of H-pyrrole nitrogens is 1. The molecule has 0 unspecified atom stereocenters. The van der Waals surface area contributed by atoms with E-state index in [9.17, 15) is 9.59 Å². The molecule has 18 heavy (non-hydrogen) atoms. The molecular weight excluding hydrogens is 252 g/mol. The van der Waals surface area contributed by atoms with Gasteiger partial charge in [0.05, 0.1) is 0 Å². The standard InChI is InChI=1S/C13H11ClN2O2/c1-8-2-3-9(6-11(8)14)16-13(18)10-7-15-5-4-12(10)17/h2-7H,1H3,(H,15,17)(H,16,18). The third-order valence-corrected chi connectivity index (χ3v) is 2.91. The van der Waals surface area contributed by atoms with Crippen LogP contribution in [-0.4, -0.2) is 10.9 Å². The zero-order valence-electron chi connectivity index (χ0n) is 9.66. The fourth-order valence-electron chi connectivity index (χ4n) is 1.46. The van der Waals surface area contributed by atoms with Gasteiger partial charge in [-0.15, -0.1) is 0 Å². The largest absolute Gasteiger partial charge is 0.367 e. The molecule has 1 heterocycles. The topological polar surface area (TPSA) is 62.0 Å². The van der Waals surface area contributed by atoms with E-state index in [2.05, 4.69) is 10.3 Å². The highest BCUT2D eigenvalue weighted by molar-refractivity contribution is 6.31. The number of aromatic amines is 1. The molecule has 0 spiro atoms. The van der Waals surface area contributed by atoms with Gasteiger partial charge in [-0.25, -0.2) is 0 Å². The fraction of sp³-hybridized carbons (Fsp3) is 0.0769. The molecule has 2 N–H and O–H groups in total. The monoisotopic (exact) mass is 262 g/mol. The van der Waals surface area contributed by atoms with Gasteiger partial charge >= 0.3 is 0 Å². The Morgan fingerprint density at radius 1 is 1.33 bits per heavy atom. The first-order valence-corrected chi connectivity index (χ1v) is 5.70. The van der Waals surface area contributed by atoms with Gasteiger partial charge in [0.1, 0.15) is 5.56 Å². The normalized spacial score (nSPS) is 10.1. The second-order valence-electron chi connectivity index (χ2n) is 3.84. The van der Waals surface area contributed by atoms with Gasteiger partial charge in [0, 0.05) is 29.2 Å². The van der Waals surface area contributed by atoms with E-state index in [1.807, 2.05) is 6.92 Å². The average Bonchev–Trinajstić information content (AvgIpc) is 2.34. The Hall–Kier alpha value is -2.07. The van der Waals surface area contributed by atoms with Gasteiger partial charge in [-0.2, -0.15) is 0 Å². The number of nitrogens with one attached hydrogen (secondary N) is 2. The van der Waals surface area contributed by atoms with Gasteiger partial charge in [0.25, 0.3) is 5.91 Å². The van der Waals surface area contributed by atoms with Crippen LogP contribution in [-0.2, 0) is 0 Å². The maximum absolute atomic E-state index is 11.9. The summed E-state index contributed by atoms with van der Waals surface area (Å²) in [5, 5.41) is 3.19. The summed E-state index contributed by atoms with van der Waals surface area (Å²) < 4.78 is 0. The van der Waals surface area contributed by atoms with Crippen molar-refractivity contribution in [1.82, 2.24) is 4.98 Å². The quantitative estimate of drug-likeness (QED) is 0.874. The number of hydrogen-bond acceptors (Lipinski definition) is 2. The van der Waals surface area contributed by atoms with E-state index < -0.39 is 5.91 Å². The van der Waals surface area contributed by atoms with E-state index in [0.717, 1.165) is 5.56 Å². The van der Waals surface area contributed by atoms with E-state index in [0.29, 0.717) is 10.7 Å². The van der Waals surface area contributed by atoms with Crippen molar-refractivity contribution in [3.05, 3.63) is 63.0 Å². The van der Waals surface area contributed by atoms with E-state index in [4.69, 9.17) is 11.6 Å². The van der Waals surface area contributed by atoms with Crippen LogP contribution >= 0.6 is 11.6 Å². The Balaban J connectivity index is 2.24. The molecule has 2 aromatic rings. The highest BCUT2D eigenvalue weighted by atomic mass is 35.5. The number of benzene rings is 1. The molecule has 0 aliphatic rings. The molecule has 0 bridgehead atoms. The molecule has 92 valence electrons. The first-order valence-electron chi connectivity index (χ1n) is 5.32. The summed E-state index contributed by atoms with van der Waals surface area (Å²) in [5.74, 6) is -0.461. The highest BCUT2D eigenvalue weighted by Crippen LogP contribution is 2.20. The number of pyridine rings is 1. The molecule has 0 atom stereocenters. The van der Waals surface area contributed by atoms with Crippen molar-refractivity contribution in [2.45, 2.75) is 6.92 Å². The third kappa shape index (κ3) is 2.60. The summed E-state index contributed by atoms with van der Waals surface area (Å²) in [6.07, 6.45) is 2.84. The van der Waals surface area contributed by atoms with Crippen molar-refractivity contribution in [1.29, 1.82) is 0 Å². The lowest BCUT2D eigenvalue weighted by Gasteiger charge is -2.06. The van der Waals surface area contributed by atoms with E-state index in [-0.39, 0.29) is 11.0 Å². The van der Waals surface area contributed by atoms with Crippen LogP contribution in [0.2, 0.25) is 5.02 Å². The first-order chi connectivity index (χ1) is 8.58. The summed E-state index contributed by atoms with van der Waals surface area (Å²) in [6, 6.07) is 6.48. The summed E-state index contributed by atoms with van der Waals surface area (Å²) in [4.78, 5) is 26.0. The second kappa shape index (κ2) is 5.06. The van der Waals surface area contributed by atoms with E-state index in [1.54, 1.807) is 18.2 Å². The minimum absolute atomic E-state index is 0.0641. The van der Waals surface area contributed by atoms with Crippen LogP contribution in [0.3, 0.4) is 0 Å². The van der Waals surface area contributed by atoms with Crippen molar-refractivity contribution in [3.8, 4) is 0 Å². The maximum Gasteiger partial charge on any atom is 0.261 e. The van der Waals surface area contributed by atoms with Gasteiger partial charge in [0.15, 0.2) is 5.43 Å². The predicted octanol–water partition coefficient (Wildman–Crippen LogP) is 2.59. The first kappa shape index (κ1) is 12.4. The van der Waals surface area contributed by atoms with Gasteiger partial charge in [-0.05, 0) is 24.6 Å². The lowest BCUT2D eigenvalue weighted by Crippen LogP contribution is -2.20. The predicted molar refractivity (Wildman–Crippen MR) is 71.2 cm³/mol. The Morgan fingerprint density at radius 3 is 2.78 bits per heavy atom. The van der Waals surface area contributed by atoms with Gasteiger partial charge in [0.2, 0.25) is 0 Å². The second-order valence-corrected chi connectivity index (χ2v) is 4.25. The fourth-order valence-corrected chi connectivity index (χ4v) is 1.64. The number of amides is 1. The number of aromatic nitrogens is 1. The molecule has 4 nitrogen and oxygen atoms in total. The number of carbonyl (C=O) groups excluding carboxylic acids is 1. The molecule has 0 aliphatic carbocycles. The summed E-state index contributed by atoms with van der Waals surface area (Å²) >= 11 is 5.96. The van der Waals surface area contributed by atoms with Crippen LogP contribution in [0.25, 0.3) is 0 Å². The lowest BCUT2D eigenvalue weighted by atomic mass is 10.2. The van der Waals surface area contributed by atoms with Crippen LogP contribution < -0.4 is 10.7 Å². The number of hydrogen-bond donors (Lipinski definition) is 2. The molecule has 1 aromatic heterocycles. The number of carbonyl (C=O) groups is 1. The third-order valence-electron chi connectivity index (χ3n) is 2.50. The van der Waals surface area contributed by atoms with Crippen molar-refractivity contribution >= 4 is 23.2 Å². The van der Waals surface area contributed by atoms with Gasteiger partial charge < -0.3 is 10.3 Å². The van der Waals surface area contributed by atoms with Gasteiger partial charge in [-0.1, -0.05) is 17.7 Å². The average molecular weight is 263 g/mol. The Bertz CT molecular complexity index is 649. The van der Waals surface area contributed by atoms with Crippen LogP contribution in [0.4, 0.5) is 5.69 Å². The van der Waals surface area contributed by atoms with Crippen LogP contribution in [0.5, 0.6) is 0 Å². The number of halogens is 1. The maximum atomic E-state index is 11.9. The molecule has 0 radical (unpaired) electrons. The zero-order valence-corrected chi connectivity index (χ0v) is 10.4. The van der Waals surface area contributed by atoms with Crippen LogP contribution in [0, 0.1) is 6.92 Å². The highest BCUT2D eigenvalue weighted by Gasteiger charge is 2.10. The van der Waals surface area contributed by atoms with Crippen molar-refractivity contribution in [2.24, 2.45) is 0 Å². The van der Waals surface area contributed by atoms with Crippen molar-refractivity contribution in [2.75, 3.05) is 5.32 Å². The summed E-state index contributed by atoms with van der Waals surface area (Å²) in [5.41, 5.74) is 1.21. The van der Waals surface area contributed by atoms with Crippen molar-refractivity contribution in [3.63, 3.8) is 0 Å². The number of anilines is 1.